The Morgan fingerprint density at radius 1 is 1.12 bits per heavy atom. The van der Waals surface area contributed by atoms with Gasteiger partial charge in [-0.15, -0.1) is 0 Å². The van der Waals surface area contributed by atoms with Gasteiger partial charge in [-0.1, -0.05) is 23.2 Å². The number of nitrogens with one attached hydrogen (secondary N) is 1. The number of nitrogens with two attached hydrogens (primary N) is 1. The van der Waals surface area contributed by atoms with E-state index in [0.717, 1.165) is 11.4 Å². The molecule has 0 bridgehead atoms. The van der Waals surface area contributed by atoms with Crippen LogP contribution in [0.4, 0.5) is 17.2 Å². The highest BCUT2D eigenvalue weighted by Crippen LogP contribution is 2.27. The summed E-state index contributed by atoms with van der Waals surface area (Å²) in [6.07, 6.45) is 1.63. The lowest BCUT2D eigenvalue weighted by atomic mass is 10.3. The molecule has 82 valence electrons. The summed E-state index contributed by atoms with van der Waals surface area (Å²) < 4.78 is 0. The lowest BCUT2D eigenvalue weighted by Gasteiger charge is -2.08. The van der Waals surface area contributed by atoms with Crippen molar-refractivity contribution in [1.29, 1.82) is 0 Å². The van der Waals surface area contributed by atoms with E-state index < -0.39 is 0 Å². The first-order valence-corrected chi connectivity index (χ1v) is 5.35. The lowest BCUT2D eigenvalue weighted by Crippen LogP contribution is -1.97. The summed E-state index contributed by atoms with van der Waals surface area (Å²) in [5.41, 5.74) is 7.25. The lowest BCUT2D eigenvalue weighted by molar-refractivity contribution is 1.33. The van der Waals surface area contributed by atoms with Gasteiger partial charge in [0.2, 0.25) is 0 Å². The molecule has 0 aliphatic rings. The first kappa shape index (κ1) is 11.0. The van der Waals surface area contributed by atoms with Crippen molar-refractivity contribution >= 4 is 40.4 Å². The van der Waals surface area contributed by atoms with Gasteiger partial charge < -0.3 is 11.1 Å². The minimum Gasteiger partial charge on any atom is -0.382 e. The summed E-state index contributed by atoms with van der Waals surface area (Å²) in [6, 6.07) is 8.91. The highest BCUT2D eigenvalue weighted by atomic mass is 35.5. The molecule has 16 heavy (non-hydrogen) atoms. The van der Waals surface area contributed by atoms with Crippen molar-refractivity contribution in [2.45, 2.75) is 0 Å². The first-order valence-electron chi connectivity index (χ1n) is 4.59. The topological polar surface area (TPSA) is 50.9 Å². The Morgan fingerprint density at radius 2 is 1.94 bits per heavy atom. The van der Waals surface area contributed by atoms with Crippen molar-refractivity contribution in [3.63, 3.8) is 0 Å². The second-order valence-electron chi connectivity index (χ2n) is 3.19. The van der Waals surface area contributed by atoms with Crippen molar-refractivity contribution in [2.24, 2.45) is 0 Å². The van der Waals surface area contributed by atoms with Crippen LogP contribution in [-0.2, 0) is 0 Å². The van der Waals surface area contributed by atoms with Crippen molar-refractivity contribution in [1.82, 2.24) is 4.98 Å². The van der Waals surface area contributed by atoms with Crippen LogP contribution in [0, 0.1) is 0 Å². The summed E-state index contributed by atoms with van der Waals surface area (Å²) >= 11 is 11.7. The van der Waals surface area contributed by atoms with Gasteiger partial charge in [0.05, 0.1) is 15.7 Å². The van der Waals surface area contributed by atoms with Crippen LogP contribution in [0.15, 0.2) is 36.5 Å². The van der Waals surface area contributed by atoms with E-state index >= 15 is 0 Å². The molecular formula is C11H9Cl2N3. The van der Waals surface area contributed by atoms with Crippen LogP contribution in [-0.4, -0.2) is 4.98 Å². The van der Waals surface area contributed by atoms with E-state index in [-0.39, 0.29) is 0 Å². The average Bonchev–Trinajstić information content (AvgIpc) is 2.27. The first-order chi connectivity index (χ1) is 7.66. The number of aromatic nitrogens is 1. The summed E-state index contributed by atoms with van der Waals surface area (Å²) in [7, 11) is 0. The van der Waals surface area contributed by atoms with E-state index in [4.69, 9.17) is 28.9 Å². The molecule has 2 rings (SSSR count). The number of hydrogen-bond donors (Lipinski definition) is 2. The van der Waals surface area contributed by atoms with Crippen LogP contribution < -0.4 is 11.1 Å². The molecule has 0 radical (unpaired) electrons. The van der Waals surface area contributed by atoms with Crippen molar-refractivity contribution in [3.8, 4) is 0 Å². The SMILES string of the molecule is Nc1ncccc1Nc1ccc(Cl)c(Cl)c1. The summed E-state index contributed by atoms with van der Waals surface area (Å²) in [6.45, 7) is 0. The molecule has 1 aromatic heterocycles. The molecule has 0 unspecified atom stereocenters. The van der Waals surface area contributed by atoms with Gasteiger partial charge in [-0.25, -0.2) is 4.98 Å². The maximum Gasteiger partial charge on any atom is 0.147 e. The zero-order chi connectivity index (χ0) is 11.5. The molecule has 0 aliphatic carbocycles. The number of nitrogen functional groups attached to an aromatic ring is 1. The fourth-order valence-electron chi connectivity index (χ4n) is 1.25. The predicted molar refractivity (Wildman–Crippen MR) is 68.4 cm³/mol. The number of halogens is 2. The molecule has 3 N–H and O–H groups in total. The van der Waals surface area contributed by atoms with E-state index in [1.807, 2.05) is 12.1 Å². The van der Waals surface area contributed by atoms with E-state index in [0.29, 0.717) is 15.9 Å². The molecule has 0 spiro atoms. The average molecular weight is 254 g/mol. The molecule has 1 heterocycles. The molecular weight excluding hydrogens is 245 g/mol. The summed E-state index contributed by atoms with van der Waals surface area (Å²) in [4.78, 5) is 3.97. The normalized spacial score (nSPS) is 10.1. The van der Waals surface area contributed by atoms with Gasteiger partial charge in [0, 0.05) is 11.9 Å². The molecule has 0 amide bonds. The van der Waals surface area contributed by atoms with Crippen LogP contribution >= 0.6 is 23.2 Å². The summed E-state index contributed by atoms with van der Waals surface area (Å²) in [5.74, 6) is 0.438. The summed E-state index contributed by atoms with van der Waals surface area (Å²) in [5, 5.41) is 4.12. The minimum absolute atomic E-state index is 0.438. The Labute approximate surface area is 103 Å². The monoisotopic (exact) mass is 253 g/mol. The number of anilines is 3. The van der Waals surface area contributed by atoms with Crippen LogP contribution in [0.25, 0.3) is 0 Å². The maximum absolute atomic E-state index is 5.90. The quantitative estimate of drug-likeness (QED) is 0.858. The molecule has 0 fully saturated rings. The van der Waals surface area contributed by atoms with Gasteiger partial charge in [-0.3, -0.25) is 0 Å². The molecule has 2 aromatic rings. The highest BCUT2D eigenvalue weighted by Gasteiger charge is 2.02. The number of benzene rings is 1. The van der Waals surface area contributed by atoms with Gasteiger partial charge >= 0.3 is 0 Å². The smallest absolute Gasteiger partial charge is 0.147 e. The third kappa shape index (κ3) is 2.38. The Hall–Kier alpha value is -1.45. The van der Waals surface area contributed by atoms with Crippen molar-refractivity contribution in [2.75, 3.05) is 11.1 Å². The van der Waals surface area contributed by atoms with Gasteiger partial charge in [0.1, 0.15) is 5.82 Å². The predicted octanol–water partition coefficient (Wildman–Crippen LogP) is 3.71. The Bertz CT molecular complexity index is 514. The Morgan fingerprint density at radius 3 is 2.62 bits per heavy atom. The van der Waals surface area contributed by atoms with Crippen LogP contribution in [0.3, 0.4) is 0 Å². The van der Waals surface area contributed by atoms with Gasteiger partial charge in [0.15, 0.2) is 0 Å². The molecule has 1 aromatic carbocycles. The fraction of sp³-hybridized carbons (Fsp3) is 0. The number of rotatable bonds is 2. The number of hydrogen-bond acceptors (Lipinski definition) is 3. The standard InChI is InChI=1S/C11H9Cl2N3/c12-8-4-3-7(6-9(8)13)16-10-2-1-5-15-11(10)14/h1-6,16H,(H2,14,15). The fourth-order valence-corrected chi connectivity index (χ4v) is 1.55. The highest BCUT2D eigenvalue weighted by molar-refractivity contribution is 6.42. The Kier molecular flexibility index (Phi) is 3.17. The second-order valence-corrected chi connectivity index (χ2v) is 4.00. The molecule has 5 heteroatoms. The minimum atomic E-state index is 0.438. The third-order valence-corrected chi connectivity index (χ3v) is 2.78. The number of pyridine rings is 1. The third-order valence-electron chi connectivity index (χ3n) is 2.04. The maximum atomic E-state index is 5.90. The zero-order valence-electron chi connectivity index (χ0n) is 8.24. The van der Waals surface area contributed by atoms with Crippen molar-refractivity contribution < 1.29 is 0 Å². The molecule has 0 aliphatic heterocycles. The van der Waals surface area contributed by atoms with Gasteiger partial charge in [0.25, 0.3) is 0 Å². The van der Waals surface area contributed by atoms with Crippen LogP contribution in [0.2, 0.25) is 10.0 Å². The Balaban J connectivity index is 2.28. The molecule has 0 atom stereocenters. The zero-order valence-corrected chi connectivity index (χ0v) is 9.76. The van der Waals surface area contributed by atoms with E-state index in [1.165, 1.54) is 0 Å². The van der Waals surface area contributed by atoms with Crippen LogP contribution in [0.5, 0.6) is 0 Å². The van der Waals surface area contributed by atoms with Crippen molar-refractivity contribution in [3.05, 3.63) is 46.6 Å². The largest absolute Gasteiger partial charge is 0.382 e. The molecule has 3 nitrogen and oxygen atoms in total. The molecule has 0 saturated heterocycles. The van der Waals surface area contributed by atoms with Gasteiger partial charge in [-0.2, -0.15) is 0 Å². The second kappa shape index (κ2) is 4.60. The van der Waals surface area contributed by atoms with Gasteiger partial charge in [-0.05, 0) is 30.3 Å². The van der Waals surface area contributed by atoms with E-state index in [9.17, 15) is 0 Å². The molecule has 0 saturated carbocycles. The van der Waals surface area contributed by atoms with Crippen LogP contribution in [0.1, 0.15) is 0 Å². The van der Waals surface area contributed by atoms with E-state index in [2.05, 4.69) is 10.3 Å². The number of nitrogens with zero attached hydrogens (tertiary/aromatic N) is 1. The van der Waals surface area contributed by atoms with E-state index in [1.54, 1.807) is 24.4 Å².